The van der Waals surface area contributed by atoms with Crippen molar-refractivity contribution in [1.29, 1.82) is 0 Å². The summed E-state index contributed by atoms with van der Waals surface area (Å²) in [4.78, 5) is 80.6. The summed E-state index contributed by atoms with van der Waals surface area (Å²) in [7, 11) is 0. The van der Waals surface area contributed by atoms with Crippen molar-refractivity contribution in [1.82, 2.24) is 20.9 Å². The number of Topliss-reactive ketones (excluding diaryl/α,β-unsaturated/α-hetero) is 2. The van der Waals surface area contributed by atoms with Crippen molar-refractivity contribution < 1.29 is 28.8 Å². The van der Waals surface area contributed by atoms with Crippen molar-refractivity contribution in [3.63, 3.8) is 0 Å². The van der Waals surface area contributed by atoms with Crippen LogP contribution in [0.2, 0.25) is 0 Å². The summed E-state index contributed by atoms with van der Waals surface area (Å²) in [5.74, 6) is -3.75. The summed E-state index contributed by atoms with van der Waals surface area (Å²) < 4.78 is 0. The van der Waals surface area contributed by atoms with Gasteiger partial charge >= 0.3 is 6.03 Å². The normalized spacial score (nSPS) is 20.4. The van der Waals surface area contributed by atoms with Crippen molar-refractivity contribution in [2.24, 2.45) is 28.9 Å². The number of primary amides is 1. The highest BCUT2D eigenvalue weighted by molar-refractivity contribution is 7.12. The number of amides is 5. The highest BCUT2D eigenvalue weighted by Crippen LogP contribution is 2.37. The molecule has 3 rings (SSSR count). The van der Waals surface area contributed by atoms with Gasteiger partial charge in [-0.15, -0.1) is 11.3 Å². The molecule has 2 fully saturated rings. The van der Waals surface area contributed by atoms with Crippen molar-refractivity contribution in [2.75, 3.05) is 6.54 Å². The Morgan fingerprint density at radius 3 is 2.20 bits per heavy atom. The van der Waals surface area contributed by atoms with Gasteiger partial charge in [-0.1, -0.05) is 77.8 Å². The third-order valence-electron chi connectivity index (χ3n) is 8.12. The first-order chi connectivity index (χ1) is 20.4. The maximum atomic E-state index is 14.3. The van der Waals surface area contributed by atoms with Crippen LogP contribution in [0.15, 0.2) is 41.8 Å². The zero-order valence-electron chi connectivity index (χ0n) is 26.4. The van der Waals surface area contributed by atoms with Crippen LogP contribution in [0.3, 0.4) is 0 Å². The van der Waals surface area contributed by atoms with Gasteiger partial charge in [0, 0.05) is 12.5 Å². The Morgan fingerprint density at radius 1 is 1.09 bits per heavy atom. The topological polar surface area (TPSA) is 168 Å². The van der Waals surface area contributed by atoms with Crippen LogP contribution in [0.5, 0.6) is 0 Å². The Morgan fingerprint density at radius 2 is 1.73 bits per heavy atom. The summed E-state index contributed by atoms with van der Waals surface area (Å²) >= 11 is 1.25. The van der Waals surface area contributed by atoms with Gasteiger partial charge < -0.3 is 26.6 Å². The lowest BCUT2D eigenvalue weighted by molar-refractivity contribution is -0.144. The average molecular weight is 628 g/mol. The van der Waals surface area contributed by atoms with Crippen LogP contribution in [0.25, 0.3) is 0 Å². The fourth-order valence-corrected chi connectivity index (χ4v) is 6.33. The largest absolute Gasteiger partial charge is 0.363 e. The molecular formula is C32H45N5O6S. The zero-order chi connectivity index (χ0) is 33.1. The van der Waals surface area contributed by atoms with Gasteiger partial charge in [0.05, 0.1) is 10.9 Å². The molecule has 240 valence electrons. The number of likely N-dealkylation sites (tertiary alicyclic amines) is 1. The molecule has 2 unspecified atom stereocenters. The van der Waals surface area contributed by atoms with Crippen LogP contribution in [-0.4, -0.2) is 70.9 Å². The summed E-state index contributed by atoms with van der Waals surface area (Å²) in [6.07, 6.45) is 2.08. The zero-order valence-corrected chi connectivity index (χ0v) is 27.2. The van der Waals surface area contributed by atoms with Crippen molar-refractivity contribution in [3.8, 4) is 0 Å². The van der Waals surface area contributed by atoms with Crippen molar-refractivity contribution in [3.05, 3.63) is 46.7 Å². The van der Waals surface area contributed by atoms with E-state index in [2.05, 4.69) is 29.1 Å². The fraction of sp³-hybridized carbons (Fsp3) is 0.562. The molecule has 0 aromatic carbocycles. The Labute approximate surface area is 263 Å². The van der Waals surface area contributed by atoms with Gasteiger partial charge in [-0.2, -0.15) is 0 Å². The molecule has 1 aliphatic heterocycles. The number of urea groups is 1. The van der Waals surface area contributed by atoms with Crippen LogP contribution in [0.1, 0.15) is 70.5 Å². The molecular weight excluding hydrogens is 582 g/mol. The van der Waals surface area contributed by atoms with Crippen molar-refractivity contribution in [2.45, 2.75) is 85.0 Å². The monoisotopic (exact) mass is 627 g/mol. The van der Waals surface area contributed by atoms with E-state index in [1.54, 1.807) is 45.2 Å². The molecule has 1 saturated heterocycles. The van der Waals surface area contributed by atoms with Gasteiger partial charge in [0.25, 0.3) is 5.91 Å². The first kappa shape index (κ1) is 34.7. The molecule has 5 amide bonds. The maximum Gasteiger partial charge on any atom is 0.316 e. The smallest absolute Gasteiger partial charge is 0.316 e. The van der Waals surface area contributed by atoms with Crippen LogP contribution < -0.4 is 21.7 Å². The highest BCUT2D eigenvalue weighted by Gasteiger charge is 2.49. The van der Waals surface area contributed by atoms with E-state index in [1.165, 1.54) is 16.2 Å². The molecule has 1 aromatic heterocycles. The SMILES string of the molecule is C=C(C)[C@H](NC(=O)N[C@H](C(=O)N1CC(=C)[C@H](C(C)C)C1C(=O)NC(CC1CC1)C(=O)C(N)=O)C(C)(C)C)C(=O)c1cccs1. The maximum absolute atomic E-state index is 14.3. The van der Waals surface area contributed by atoms with Gasteiger partial charge in [-0.25, -0.2) is 4.79 Å². The third kappa shape index (κ3) is 8.22. The first-order valence-corrected chi connectivity index (χ1v) is 15.7. The summed E-state index contributed by atoms with van der Waals surface area (Å²) in [5.41, 5.74) is 5.56. The molecule has 1 aliphatic carbocycles. The molecule has 12 heteroatoms. The number of hydrogen-bond acceptors (Lipinski definition) is 7. The first-order valence-electron chi connectivity index (χ1n) is 14.9. The molecule has 5 N–H and O–H groups in total. The number of carbonyl (C=O) groups is 6. The second kappa shape index (κ2) is 13.9. The molecule has 5 atom stereocenters. The second-order valence-electron chi connectivity index (χ2n) is 13.3. The van der Waals surface area contributed by atoms with Gasteiger partial charge in [0.1, 0.15) is 18.1 Å². The van der Waals surface area contributed by atoms with Crippen LogP contribution in [0.4, 0.5) is 4.79 Å². The number of carbonyl (C=O) groups excluding carboxylic acids is 6. The van der Waals surface area contributed by atoms with E-state index >= 15 is 0 Å². The molecule has 2 aliphatic rings. The van der Waals surface area contributed by atoms with E-state index in [9.17, 15) is 28.8 Å². The predicted molar refractivity (Wildman–Crippen MR) is 169 cm³/mol. The van der Waals surface area contributed by atoms with Crippen LogP contribution in [-0.2, 0) is 19.2 Å². The minimum Gasteiger partial charge on any atom is -0.363 e. The number of nitrogens with zero attached hydrogens (tertiary/aromatic N) is 1. The number of ketones is 2. The van der Waals surface area contributed by atoms with E-state index in [1.807, 2.05) is 13.8 Å². The quantitative estimate of drug-likeness (QED) is 0.149. The van der Waals surface area contributed by atoms with E-state index < -0.39 is 65.0 Å². The lowest BCUT2D eigenvalue weighted by Crippen LogP contribution is -2.61. The van der Waals surface area contributed by atoms with Crippen LogP contribution in [0, 0.1) is 23.2 Å². The molecule has 44 heavy (non-hydrogen) atoms. The fourth-order valence-electron chi connectivity index (χ4n) is 5.63. The van der Waals surface area contributed by atoms with Gasteiger partial charge in [0.2, 0.25) is 17.6 Å². The van der Waals surface area contributed by atoms with Gasteiger partial charge in [-0.3, -0.25) is 24.0 Å². The molecule has 0 spiro atoms. The standard InChI is InChI=1S/C32H45N5O6S/c1-16(2)22-18(5)15-37(24(22)29(41)34-20(14-19-11-12-19)25(38)28(33)40)30(42)27(32(6,7)8)36-31(43)35-23(17(3)4)26(39)21-10-9-13-44-21/h9-10,13,16,19-20,22-24,27H,3,5,11-12,14-15H2,1-2,4,6-8H3,(H2,33,40)(H,34,41)(H2,35,36,43)/t20?,22-,23-,24?,27+/m0/s1. The summed E-state index contributed by atoms with van der Waals surface area (Å²) in [6.45, 7) is 18.9. The average Bonchev–Trinajstić information content (AvgIpc) is 3.42. The third-order valence-corrected chi connectivity index (χ3v) is 9.00. The minimum atomic E-state index is -1.13. The Hall–Kier alpha value is -3.80. The number of nitrogens with one attached hydrogen (secondary N) is 3. The number of hydrogen-bond donors (Lipinski definition) is 4. The molecule has 2 heterocycles. The number of thiophene rings is 1. The molecule has 1 saturated carbocycles. The Bertz CT molecular complexity index is 1330. The molecule has 0 radical (unpaired) electrons. The molecule has 1 aromatic rings. The molecule has 0 bridgehead atoms. The highest BCUT2D eigenvalue weighted by atomic mass is 32.1. The number of nitrogens with two attached hydrogens (primary N) is 1. The molecule has 11 nitrogen and oxygen atoms in total. The lowest BCUT2D eigenvalue weighted by Gasteiger charge is -2.37. The van der Waals surface area contributed by atoms with Gasteiger partial charge in [-0.05, 0) is 42.0 Å². The van der Waals surface area contributed by atoms with E-state index in [4.69, 9.17) is 5.73 Å². The van der Waals surface area contributed by atoms with E-state index in [-0.39, 0.29) is 24.2 Å². The van der Waals surface area contributed by atoms with E-state index in [0.29, 0.717) is 22.4 Å². The number of rotatable bonds is 13. The van der Waals surface area contributed by atoms with Crippen LogP contribution >= 0.6 is 11.3 Å². The van der Waals surface area contributed by atoms with Gasteiger partial charge in [0.15, 0.2) is 5.78 Å². The predicted octanol–water partition coefficient (Wildman–Crippen LogP) is 2.97. The second-order valence-corrected chi connectivity index (χ2v) is 14.3. The summed E-state index contributed by atoms with van der Waals surface area (Å²) in [6, 6.07) is -1.58. The minimum absolute atomic E-state index is 0.0674. The summed E-state index contributed by atoms with van der Waals surface area (Å²) in [5, 5.41) is 9.87. The lowest BCUT2D eigenvalue weighted by atomic mass is 9.84. The van der Waals surface area contributed by atoms with Crippen molar-refractivity contribution >= 4 is 46.7 Å². The van der Waals surface area contributed by atoms with E-state index in [0.717, 1.165) is 12.8 Å². The Kier molecular flexibility index (Phi) is 10.9. The Balaban J connectivity index is 1.87.